The van der Waals surface area contributed by atoms with Gasteiger partial charge in [-0.1, -0.05) is 12.5 Å². The predicted octanol–water partition coefficient (Wildman–Crippen LogP) is 2.39. The largest absolute Gasteiger partial charge is 0.504 e. The van der Waals surface area contributed by atoms with E-state index < -0.39 is 12.0 Å². The molecule has 25 heavy (non-hydrogen) atoms. The van der Waals surface area contributed by atoms with Gasteiger partial charge in [-0.2, -0.15) is 25.3 Å². The fourth-order valence-corrected chi connectivity index (χ4v) is 3.18. The summed E-state index contributed by atoms with van der Waals surface area (Å²) < 4.78 is 0. The Morgan fingerprint density at radius 1 is 1.12 bits per heavy atom. The van der Waals surface area contributed by atoms with Gasteiger partial charge in [-0.15, -0.1) is 0 Å². The van der Waals surface area contributed by atoms with Gasteiger partial charge in [0.05, 0.1) is 0 Å². The molecule has 2 atom stereocenters. The third-order valence-corrected chi connectivity index (χ3v) is 4.54. The van der Waals surface area contributed by atoms with E-state index in [0.29, 0.717) is 12.0 Å². The number of nitrogens with one attached hydrogen (secondary N) is 1. The number of phenolic OH excluding ortho intramolecular Hbond substituents is 2. The van der Waals surface area contributed by atoms with E-state index in [0.717, 1.165) is 25.0 Å². The summed E-state index contributed by atoms with van der Waals surface area (Å²) in [5.41, 5.74) is 0.507. The maximum Gasteiger partial charge on any atom is 0.326 e. The highest BCUT2D eigenvalue weighted by molar-refractivity contribution is 7.81. The molecule has 0 aliphatic rings. The summed E-state index contributed by atoms with van der Waals surface area (Å²) in [6.45, 7) is 0. The Bertz CT molecular complexity index is 582. The Balaban J connectivity index is 2.45. The fraction of sp³-hybridized carbons (Fsp3) is 0.529. The molecule has 0 saturated heterocycles. The first-order valence-corrected chi connectivity index (χ1v) is 9.30. The molecule has 1 aromatic rings. The molecule has 0 fully saturated rings. The van der Waals surface area contributed by atoms with Crippen molar-refractivity contribution in [1.29, 1.82) is 0 Å². The van der Waals surface area contributed by atoms with Crippen LogP contribution in [0.15, 0.2) is 18.2 Å². The molecule has 0 aromatic heterocycles. The molecular weight excluding hydrogens is 362 g/mol. The molecule has 4 N–H and O–H groups in total. The third-order valence-electron chi connectivity index (χ3n) is 3.77. The molecule has 1 aromatic carbocycles. The zero-order valence-corrected chi connectivity index (χ0v) is 15.7. The number of hydrogen-bond acceptors (Lipinski definition) is 6. The lowest BCUT2D eigenvalue weighted by Crippen LogP contribution is -2.42. The maximum atomic E-state index is 11.9. The van der Waals surface area contributed by atoms with Crippen LogP contribution in [-0.4, -0.2) is 44.2 Å². The second-order valence-electron chi connectivity index (χ2n) is 5.90. The van der Waals surface area contributed by atoms with Crippen LogP contribution in [0.3, 0.4) is 0 Å². The van der Waals surface area contributed by atoms with Crippen molar-refractivity contribution in [3.8, 4) is 11.5 Å². The Morgan fingerprint density at radius 2 is 1.84 bits per heavy atom. The van der Waals surface area contributed by atoms with Gasteiger partial charge < -0.3 is 20.6 Å². The Hall–Kier alpha value is -1.54. The van der Waals surface area contributed by atoms with E-state index in [4.69, 9.17) is 0 Å². The van der Waals surface area contributed by atoms with Crippen molar-refractivity contribution in [2.75, 3.05) is 5.75 Å². The molecule has 1 rings (SSSR count). The zero-order valence-electron chi connectivity index (χ0n) is 13.9. The van der Waals surface area contributed by atoms with E-state index in [1.807, 2.05) is 0 Å². The van der Waals surface area contributed by atoms with Gasteiger partial charge in [0.1, 0.15) is 6.04 Å². The molecule has 8 heteroatoms. The predicted molar refractivity (Wildman–Crippen MR) is 103 cm³/mol. The average molecular weight is 388 g/mol. The van der Waals surface area contributed by atoms with Crippen LogP contribution >= 0.6 is 25.3 Å². The first-order chi connectivity index (χ1) is 11.8. The topological polar surface area (TPSA) is 107 Å². The van der Waals surface area contributed by atoms with Gasteiger partial charge in [0.2, 0.25) is 5.91 Å². The standard InChI is InChI=1S/C17H25NO5S2/c19-14-6-5-11(10-15(14)20)9-13(17(22)23)18-16(21)4-2-1-3-12(25)7-8-24/h5-6,10,12-13,19-20,24-25H,1-4,7-9H2,(H,18,21)(H,22,23)/t12?,13-/m0/s1. The molecule has 0 aliphatic carbocycles. The second-order valence-corrected chi connectivity index (χ2v) is 7.07. The number of hydrogen-bond donors (Lipinski definition) is 6. The fourth-order valence-electron chi connectivity index (χ4n) is 2.36. The Kier molecular flexibility index (Phi) is 9.59. The van der Waals surface area contributed by atoms with Gasteiger partial charge in [0.15, 0.2) is 11.5 Å². The summed E-state index contributed by atoms with van der Waals surface area (Å²) in [5.74, 6) is -1.29. The van der Waals surface area contributed by atoms with E-state index in [1.165, 1.54) is 18.2 Å². The summed E-state index contributed by atoms with van der Waals surface area (Å²) in [6, 6.07) is 2.99. The SMILES string of the molecule is O=C(CCCCC(S)CCS)N[C@@H](Cc1ccc(O)c(O)c1)C(=O)O. The number of carboxylic acids is 1. The van der Waals surface area contributed by atoms with Crippen molar-refractivity contribution in [2.45, 2.75) is 49.8 Å². The van der Waals surface area contributed by atoms with E-state index in [9.17, 15) is 24.9 Å². The number of benzene rings is 1. The number of carbonyl (C=O) groups is 2. The molecule has 0 spiro atoms. The van der Waals surface area contributed by atoms with Crippen LogP contribution in [0.25, 0.3) is 0 Å². The molecule has 0 heterocycles. The van der Waals surface area contributed by atoms with Crippen molar-refractivity contribution in [2.24, 2.45) is 0 Å². The number of carboxylic acid groups (broad SMARTS) is 1. The summed E-state index contributed by atoms with van der Waals surface area (Å²) in [6.07, 6.45) is 3.60. The minimum absolute atomic E-state index is 0.0234. The number of aromatic hydroxyl groups is 2. The van der Waals surface area contributed by atoms with Crippen molar-refractivity contribution in [3.63, 3.8) is 0 Å². The van der Waals surface area contributed by atoms with Gasteiger partial charge in [-0.3, -0.25) is 4.79 Å². The van der Waals surface area contributed by atoms with Crippen LogP contribution in [0.2, 0.25) is 0 Å². The van der Waals surface area contributed by atoms with Gasteiger partial charge in [-0.25, -0.2) is 4.79 Å². The lowest BCUT2D eigenvalue weighted by molar-refractivity contribution is -0.141. The number of carbonyl (C=O) groups excluding carboxylic acids is 1. The molecule has 140 valence electrons. The highest BCUT2D eigenvalue weighted by Gasteiger charge is 2.20. The number of phenols is 2. The van der Waals surface area contributed by atoms with Crippen LogP contribution in [0.1, 0.15) is 37.7 Å². The van der Waals surface area contributed by atoms with Gasteiger partial charge in [0.25, 0.3) is 0 Å². The van der Waals surface area contributed by atoms with Crippen LogP contribution < -0.4 is 5.32 Å². The monoisotopic (exact) mass is 387 g/mol. The Morgan fingerprint density at radius 3 is 2.44 bits per heavy atom. The zero-order chi connectivity index (χ0) is 18.8. The molecule has 1 unspecified atom stereocenters. The third kappa shape index (κ3) is 8.40. The molecule has 0 bridgehead atoms. The molecule has 1 amide bonds. The van der Waals surface area contributed by atoms with Crippen molar-refractivity contribution < 1.29 is 24.9 Å². The van der Waals surface area contributed by atoms with Gasteiger partial charge in [0, 0.05) is 18.1 Å². The van der Waals surface area contributed by atoms with Crippen LogP contribution in [0.5, 0.6) is 11.5 Å². The number of unbranched alkanes of at least 4 members (excludes halogenated alkanes) is 1. The summed E-state index contributed by atoms with van der Waals surface area (Å²) in [4.78, 5) is 23.3. The second kappa shape index (κ2) is 11.1. The molecule has 0 aliphatic heterocycles. The van der Waals surface area contributed by atoms with E-state index in [-0.39, 0.29) is 35.5 Å². The number of aliphatic carboxylic acids is 1. The van der Waals surface area contributed by atoms with Crippen LogP contribution in [0, 0.1) is 0 Å². The van der Waals surface area contributed by atoms with Crippen molar-refractivity contribution in [3.05, 3.63) is 23.8 Å². The summed E-state index contributed by atoms with van der Waals surface area (Å²) >= 11 is 8.57. The minimum Gasteiger partial charge on any atom is -0.504 e. The minimum atomic E-state index is -1.15. The maximum absolute atomic E-state index is 11.9. The quantitative estimate of drug-likeness (QED) is 0.199. The normalized spacial score (nSPS) is 13.2. The summed E-state index contributed by atoms with van der Waals surface area (Å²) in [5, 5.41) is 30.8. The molecular formula is C17H25NO5S2. The molecule has 0 radical (unpaired) electrons. The Labute approximate surface area is 158 Å². The van der Waals surface area contributed by atoms with Crippen LogP contribution in [0.4, 0.5) is 0 Å². The average Bonchev–Trinajstić information content (AvgIpc) is 2.54. The first kappa shape index (κ1) is 21.5. The number of rotatable bonds is 11. The summed E-state index contributed by atoms with van der Waals surface area (Å²) in [7, 11) is 0. The van der Waals surface area contributed by atoms with Crippen molar-refractivity contribution >= 4 is 37.1 Å². The van der Waals surface area contributed by atoms with Gasteiger partial charge >= 0.3 is 5.97 Å². The lowest BCUT2D eigenvalue weighted by atomic mass is 10.0. The van der Waals surface area contributed by atoms with E-state index >= 15 is 0 Å². The number of thiol groups is 2. The first-order valence-electron chi connectivity index (χ1n) is 8.15. The molecule has 6 nitrogen and oxygen atoms in total. The van der Waals surface area contributed by atoms with Gasteiger partial charge in [-0.05, 0) is 42.7 Å². The molecule has 0 saturated carbocycles. The lowest BCUT2D eigenvalue weighted by Gasteiger charge is -2.15. The smallest absolute Gasteiger partial charge is 0.326 e. The number of amides is 1. The van der Waals surface area contributed by atoms with Crippen molar-refractivity contribution in [1.82, 2.24) is 5.32 Å². The highest BCUT2D eigenvalue weighted by atomic mass is 32.1. The van der Waals surface area contributed by atoms with Crippen LogP contribution in [-0.2, 0) is 16.0 Å². The van der Waals surface area contributed by atoms with E-state index in [1.54, 1.807) is 0 Å². The van der Waals surface area contributed by atoms with E-state index in [2.05, 4.69) is 30.6 Å². The highest BCUT2D eigenvalue weighted by Crippen LogP contribution is 2.25.